The number of rotatable bonds is 4. The highest BCUT2D eigenvalue weighted by Crippen LogP contribution is 2.30. The van der Waals surface area contributed by atoms with Crippen LogP contribution in [0.2, 0.25) is 5.02 Å². The summed E-state index contributed by atoms with van der Waals surface area (Å²) in [6.45, 7) is 3.11. The first kappa shape index (κ1) is 15.3. The normalized spacial score (nSPS) is 14.9. The van der Waals surface area contributed by atoms with Crippen molar-refractivity contribution in [2.45, 2.75) is 37.6 Å². The molecule has 0 N–H and O–H groups in total. The van der Waals surface area contributed by atoms with E-state index in [0.29, 0.717) is 25.5 Å². The number of aryl methyl sites for hydroxylation is 2. The second kappa shape index (κ2) is 5.89. The second-order valence-electron chi connectivity index (χ2n) is 5.23. The number of anilines is 1. The van der Waals surface area contributed by atoms with Crippen molar-refractivity contribution in [2.75, 3.05) is 10.8 Å². The van der Waals surface area contributed by atoms with E-state index in [1.165, 1.54) is 10.6 Å². The van der Waals surface area contributed by atoms with Crippen molar-refractivity contribution in [3.63, 3.8) is 0 Å². The van der Waals surface area contributed by atoms with Crippen molar-refractivity contribution in [3.05, 3.63) is 35.1 Å². The third kappa shape index (κ3) is 2.59. The predicted octanol–water partition coefficient (Wildman–Crippen LogP) is 2.48. The van der Waals surface area contributed by atoms with E-state index in [2.05, 4.69) is 17.0 Å². The van der Waals surface area contributed by atoms with Crippen LogP contribution in [0.25, 0.3) is 0 Å². The van der Waals surface area contributed by atoms with Crippen molar-refractivity contribution in [3.8, 4) is 0 Å². The maximum absolute atomic E-state index is 13.0. The first-order valence-corrected chi connectivity index (χ1v) is 9.05. The van der Waals surface area contributed by atoms with Gasteiger partial charge in [0.1, 0.15) is 11.2 Å². The minimum Gasteiger partial charge on any atom is -0.234 e. The summed E-state index contributed by atoms with van der Waals surface area (Å²) in [7, 11) is -3.74. The van der Waals surface area contributed by atoms with Gasteiger partial charge in [-0.3, -0.25) is 0 Å². The number of aromatic nitrogens is 3. The fourth-order valence-electron chi connectivity index (χ4n) is 2.61. The third-order valence-electron chi connectivity index (χ3n) is 3.65. The molecule has 0 saturated carbocycles. The molecule has 0 saturated heterocycles. The molecule has 0 spiro atoms. The maximum Gasteiger partial charge on any atom is 0.268 e. The van der Waals surface area contributed by atoms with Gasteiger partial charge in [-0.25, -0.2) is 17.4 Å². The van der Waals surface area contributed by atoms with E-state index >= 15 is 0 Å². The lowest BCUT2D eigenvalue weighted by Gasteiger charge is -2.27. The van der Waals surface area contributed by atoms with Gasteiger partial charge in [0.05, 0.1) is 5.02 Å². The largest absolute Gasteiger partial charge is 0.268 e. The molecule has 3 rings (SSSR count). The van der Waals surface area contributed by atoms with Crippen LogP contribution in [-0.2, 0) is 23.0 Å². The van der Waals surface area contributed by atoms with Crippen molar-refractivity contribution in [2.24, 2.45) is 0 Å². The number of benzene rings is 1. The number of halogens is 1. The van der Waals surface area contributed by atoms with Gasteiger partial charge < -0.3 is 0 Å². The summed E-state index contributed by atoms with van der Waals surface area (Å²) in [4.78, 5) is 4.21. The van der Waals surface area contributed by atoms with Gasteiger partial charge in [-0.15, -0.1) is 0 Å². The van der Waals surface area contributed by atoms with E-state index < -0.39 is 10.0 Å². The second-order valence-corrected chi connectivity index (χ2v) is 7.47. The Kier molecular flexibility index (Phi) is 4.10. The lowest BCUT2D eigenvalue weighted by Crippen LogP contribution is -2.38. The van der Waals surface area contributed by atoms with Crippen molar-refractivity contribution in [1.29, 1.82) is 0 Å². The van der Waals surface area contributed by atoms with Crippen LogP contribution in [0.3, 0.4) is 0 Å². The van der Waals surface area contributed by atoms with Crippen LogP contribution < -0.4 is 4.31 Å². The number of nitrogens with zero attached hydrogens (tertiary/aromatic N) is 4. The van der Waals surface area contributed by atoms with Crippen molar-refractivity contribution >= 4 is 27.6 Å². The van der Waals surface area contributed by atoms with Crippen LogP contribution in [0.4, 0.5) is 5.95 Å². The quantitative estimate of drug-likeness (QED) is 0.857. The number of sulfonamides is 1. The predicted molar refractivity (Wildman–Crippen MR) is 84.6 cm³/mol. The van der Waals surface area contributed by atoms with Gasteiger partial charge in [-0.1, -0.05) is 31.0 Å². The van der Waals surface area contributed by atoms with Crippen LogP contribution in [0.5, 0.6) is 0 Å². The molecule has 2 heterocycles. The van der Waals surface area contributed by atoms with Gasteiger partial charge in [0.15, 0.2) is 0 Å². The molecule has 118 valence electrons. The molecule has 1 aromatic carbocycles. The molecule has 0 aliphatic carbocycles. The summed E-state index contributed by atoms with van der Waals surface area (Å²) in [5, 5.41) is 4.28. The van der Waals surface area contributed by atoms with E-state index in [1.54, 1.807) is 16.8 Å². The van der Waals surface area contributed by atoms with E-state index in [0.717, 1.165) is 18.4 Å². The highest BCUT2D eigenvalue weighted by atomic mass is 35.5. The van der Waals surface area contributed by atoms with Crippen LogP contribution in [0.15, 0.2) is 29.4 Å². The molecule has 0 radical (unpaired) electrons. The van der Waals surface area contributed by atoms with Gasteiger partial charge in [0, 0.05) is 13.1 Å². The molecule has 0 fully saturated rings. The molecule has 1 aliphatic heterocycles. The van der Waals surface area contributed by atoms with Crippen LogP contribution >= 0.6 is 11.6 Å². The summed E-state index contributed by atoms with van der Waals surface area (Å²) < 4.78 is 28.9. The topological polar surface area (TPSA) is 68.1 Å². The maximum atomic E-state index is 13.0. The van der Waals surface area contributed by atoms with Crippen molar-refractivity contribution in [1.82, 2.24) is 14.8 Å². The molecule has 1 aromatic heterocycles. The summed E-state index contributed by atoms with van der Waals surface area (Å²) in [5.74, 6) is 0.350. The number of hydrogen-bond acceptors (Lipinski definition) is 4. The molecule has 22 heavy (non-hydrogen) atoms. The molecule has 0 atom stereocenters. The molecule has 0 unspecified atom stereocenters. The fraction of sp³-hybridized carbons (Fsp3) is 0.429. The van der Waals surface area contributed by atoms with Crippen LogP contribution in [0.1, 0.15) is 25.3 Å². The van der Waals surface area contributed by atoms with Gasteiger partial charge in [0.2, 0.25) is 5.95 Å². The summed E-state index contributed by atoms with van der Waals surface area (Å²) in [5.41, 5.74) is 0.962. The smallest absolute Gasteiger partial charge is 0.234 e. The van der Waals surface area contributed by atoms with Gasteiger partial charge >= 0.3 is 0 Å². The van der Waals surface area contributed by atoms with E-state index in [1.807, 2.05) is 6.07 Å². The van der Waals surface area contributed by atoms with Gasteiger partial charge in [-0.05, 0) is 30.5 Å². The van der Waals surface area contributed by atoms with Crippen LogP contribution in [-0.4, -0.2) is 29.7 Å². The molecule has 0 amide bonds. The average Bonchev–Trinajstić information content (AvgIpc) is 2.97. The standard InChI is InChI=1S/C14H17ClN4O2S/c1-2-4-11-5-6-12(15)13(9-11)22(20,21)19-8-3-7-18-14(19)16-10-17-18/h5-6,9-10H,2-4,7-8H2,1H3. The van der Waals surface area contributed by atoms with Gasteiger partial charge in [0.25, 0.3) is 10.0 Å². The molecular weight excluding hydrogens is 324 g/mol. The zero-order chi connectivity index (χ0) is 15.7. The zero-order valence-electron chi connectivity index (χ0n) is 12.2. The minimum atomic E-state index is -3.74. The summed E-state index contributed by atoms with van der Waals surface area (Å²) in [6.07, 6.45) is 3.83. The SMILES string of the molecule is CCCc1ccc(Cl)c(S(=O)(=O)N2CCCn3ncnc32)c1. The molecule has 0 bridgehead atoms. The summed E-state index contributed by atoms with van der Waals surface area (Å²) >= 11 is 6.15. The van der Waals surface area contributed by atoms with Gasteiger partial charge in [-0.2, -0.15) is 10.1 Å². The lowest BCUT2D eigenvalue weighted by molar-refractivity contribution is 0.529. The lowest BCUT2D eigenvalue weighted by atomic mass is 10.1. The highest BCUT2D eigenvalue weighted by molar-refractivity contribution is 7.93. The molecule has 1 aliphatic rings. The van der Waals surface area contributed by atoms with Crippen molar-refractivity contribution < 1.29 is 8.42 Å². The Morgan fingerprint density at radius 2 is 2.14 bits per heavy atom. The van der Waals surface area contributed by atoms with E-state index in [-0.39, 0.29) is 9.92 Å². The Hall–Kier alpha value is -1.60. The molecule has 6 nitrogen and oxygen atoms in total. The number of fused-ring (bicyclic) bond motifs is 1. The fourth-order valence-corrected chi connectivity index (χ4v) is 4.60. The Labute approximate surface area is 134 Å². The molecular formula is C14H17ClN4O2S. The molecule has 8 heteroatoms. The van der Waals surface area contributed by atoms with E-state index in [9.17, 15) is 8.42 Å². The first-order chi connectivity index (χ1) is 10.5. The first-order valence-electron chi connectivity index (χ1n) is 7.23. The zero-order valence-corrected chi connectivity index (χ0v) is 13.8. The monoisotopic (exact) mass is 340 g/mol. The Morgan fingerprint density at radius 1 is 1.32 bits per heavy atom. The Balaban J connectivity index is 2.06. The third-order valence-corrected chi connectivity index (χ3v) is 5.91. The molecule has 2 aromatic rings. The van der Waals surface area contributed by atoms with Crippen LogP contribution in [0, 0.1) is 0 Å². The minimum absolute atomic E-state index is 0.136. The highest BCUT2D eigenvalue weighted by Gasteiger charge is 2.32. The average molecular weight is 341 g/mol. The summed E-state index contributed by atoms with van der Waals surface area (Å²) in [6, 6.07) is 5.17. The number of hydrogen-bond donors (Lipinski definition) is 0. The van der Waals surface area contributed by atoms with E-state index in [4.69, 9.17) is 11.6 Å². The Bertz CT molecular complexity index is 788. The Morgan fingerprint density at radius 3 is 2.91 bits per heavy atom.